The Labute approximate surface area is 153 Å². The molecule has 0 amide bonds. The van der Waals surface area contributed by atoms with Crippen molar-refractivity contribution in [2.45, 2.75) is 45.7 Å². The highest BCUT2D eigenvalue weighted by atomic mass is 16.5. The Bertz CT molecular complexity index is 805. The standard InChI is InChI=1S/C19H27N5O2/c1-15-12-17(26-21-15)14-23-8-6-22(7-9-23)10-11-24-19(25)13-16-4-2-3-5-18(16)20-24/h12-13H,2-11,14H2,1H3. The third-order valence-corrected chi connectivity index (χ3v) is 5.42. The number of aromatic nitrogens is 3. The maximum absolute atomic E-state index is 12.3. The van der Waals surface area contributed by atoms with Gasteiger partial charge in [0.25, 0.3) is 5.56 Å². The van der Waals surface area contributed by atoms with Gasteiger partial charge < -0.3 is 4.52 Å². The molecule has 0 radical (unpaired) electrons. The molecule has 3 heterocycles. The van der Waals surface area contributed by atoms with Gasteiger partial charge in [0.15, 0.2) is 5.76 Å². The molecule has 0 spiro atoms. The van der Waals surface area contributed by atoms with Crippen LogP contribution in [-0.4, -0.2) is 57.5 Å². The molecule has 26 heavy (non-hydrogen) atoms. The third kappa shape index (κ3) is 4.04. The maximum Gasteiger partial charge on any atom is 0.267 e. The molecule has 1 fully saturated rings. The monoisotopic (exact) mass is 357 g/mol. The van der Waals surface area contributed by atoms with Crippen molar-refractivity contribution in [3.8, 4) is 0 Å². The van der Waals surface area contributed by atoms with E-state index in [4.69, 9.17) is 4.52 Å². The minimum Gasteiger partial charge on any atom is -0.360 e. The fraction of sp³-hybridized carbons (Fsp3) is 0.632. The summed E-state index contributed by atoms with van der Waals surface area (Å²) in [7, 11) is 0. The molecule has 7 nitrogen and oxygen atoms in total. The van der Waals surface area contributed by atoms with Crippen LogP contribution in [0.4, 0.5) is 0 Å². The van der Waals surface area contributed by atoms with Gasteiger partial charge in [-0.15, -0.1) is 0 Å². The summed E-state index contributed by atoms with van der Waals surface area (Å²) in [6, 6.07) is 3.80. The normalized spacial score (nSPS) is 18.8. The van der Waals surface area contributed by atoms with Crippen molar-refractivity contribution in [2.24, 2.45) is 0 Å². The van der Waals surface area contributed by atoms with Crippen molar-refractivity contribution in [2.75, 3.05) is 32.7 Å². The molecule has 1 aliphatic heterocycles. The van der Waals surface area contributed by atoms with E-state index in [-0.39, 0.29) is 5.56 Å². The van der Waals surface area contributed by atoms with E-state index in [0.29, 0.717) is 6.54 Å². The zero-order valence-electron chi connectivity index (χ0n) is 15.5. The number of hydrogen-bond acceptors (Lipinski definition) is 6. The van der Waals surface area contributed by atoms with Crippen LogP contribution in [0.2, 0.25) is 0 Å². The zero-order chi connectivity index (χ0) is 17.9. The predicted molar refractivity (Wildman–Crippen MR) is 98.1 cm³/mol. The van der Waals surface area contributed by atoms with E-state index in [9.17, 15) is 4.79 Å². The van der Waals surface area contributed by atoms with Gasteiger partial charge >= 0.3 is 0 Å². The summed E-state index contributed by atoms with van der Waals surface area (Å²) in [4.78, 5) is 17.1. The lowest BCUT2D eigenvalue weighted by Crippen LogP contribution is -2.47. The highest BCUT2D eigenvalue weighted by Crippen LogP contribution is 2.17. The van der Waals surface area contributed by atoms with Gasteiger partial charge in [-0.1, -0.05) is 5.16 Å². The number of aryl methyl sites for hydroxylation is 3. The van der Waals surface area contributed by atoms with Gasteiger partial charge in [-0.25, -0.2) is 4.68 Å². The lowest BCUT2D eigenvalue weighted by molar-refractivity contribution is 0.114. The Hall–Kier alpha value is -1.99. The first kappa shape index (κ1) is 17.4. The average Bonchev–Trinajstić information content (AvgIpc) is 3.06. The van der Waals surface area contributed by atoms with E-state index < -0.39 is 0 Å². The lowest BCUT2D eigenvalue weighted by atomic mass is 9.97. The molecule has 2 aromatic rings. The fourth-order valence-corrected chi connectivity index (χ4v) is 3.88. The number of fused-ring (bicyclic) bond motifs is 1. The van der Waals surface area contributed by atoms with E-state index in [0.717, 1.165) is 74.8 Å². The molecule has 7 heteroatoms. The third-order valence-electron chi connectivity index (χ3n) is 5.42. The van der Waals surface area contributed by atoms with Crippen molar-refractivity contribution < 1.29 is 4.52 Å². The number of hydrogen-bond donors (Lipinski definition) is 0. The van der Waals surface area contributed by atoms with Gasteiger partial charge in [0.05, 0.1) is 24.5 Å². The molecule has 1 saturated heterocycles. The van der Waals surface area contributed by atoms with Gasteiger partial charge in [-0.2, -0.15) is 5.10 Å². The van der Waals surface area contributed by atoms with Crippen LogP contribution < -0.4 is 5.56 Å². The van der Waals surface area contributed by atoms with E-state index in [2.05, 4.69) is 20.1 Å². The molecule has 4 rings (SSSR count). The predicted octanol–water partition coefficient (Wildman–Crippen LogP) is 1.24. The molecule has 140 valence electrons. The van der Waals surface area contributed by atoms with Crippen LogP contribution in [0.1, 0.15) is 35.6 Å². The Morgan fingerprint density at radius 2 is 1.81 bits per heavy atom. The first-order valence-electron chi connectivity index (χ1n) is 9.64. The summed E-state index contributed by atoms with van der Waals surface area (Å²) in [6.45, 7) is 8.34. The Balaban J connectivity index is 1.28. The quantitative estimate of drug-likeness (QED) is 0.802. The van der Waals surface area contributed by atoms with Crippen LogP contribution in [0.15, 0.2) is 21.5 Å². The first-order chi connectivity index (χ1) is 12.7. The van der Waals surface area contributed by atoms with Crippen molar-refractivity contribution in [3.63, 3.8) is 0 Å². The molecule has 2 aliphatic rings. The van der Waals surface area contributed by atoms with Crippen LogP contribution in [0.5, 0.6) is 0 Å². The molecular formula is C19H27N5O2. The summed E-state index contributed by atoms with van der Waals surface area (Å²) in [5.74, 6) is 0.931. The SMILES string of the molecule is Cc1cc(CN2CCN(CCn3nc4c(cc3=O)CCCC4)CC2)on1. The van der Waals surface area contributed by atoms with Crippen LogP contribution in [-0.2, 0) is 25.9 Å². The van der Waals surface area contributed by atoms with Crippen molar-refractivity contribution >= 4 is 0 Å². The smallest absolute Gasteiger partial charge is 0.267 e. The van der Waals surface area contributed by atoms with Crippen molar-refractivity contribution in [3.05, 3.63) is 45.2 Å². The Kier molecular flexibility index (Phi) is 5.17. The topological polar surface area (TPSA) is 67.4 Å². The van der Waals surface area contributed by atoms with E-state index in [1.54, 1.807) is 10.7 Å². The summed E-state index contributed by atoms with van der Waals surface area (Å²) >= 11 is 0. The second-order valence-electron chi connectivity index (χ2n) is 7.44. The maximum atomic E-state index is 12.3. The highest BCUT2D eigenvalue weighted by Gasteiger charge is 2.19. The van der Waals surface area contributed by atoms with Gasteiger partial charge in [0.1, 0.15) is 0 Å². The van der Waals surface area contributed by atoms with Gasteiger partial charge in [-0.3, -0.25) is 14.6 Å². The average molecular weight is 357 g/mol. The van der Waals surface area contributed by atoms with Crippen LogP contribution >= 0.6 is 0 Å². The van der Waals surface area contributed by atoms with Crippen LogP contribution in [0, 0.1) is 6.92 Å². The minimum absolute atomic E-state index is 0.0463. The summed E-state index contributed by atoms with van der Waals surface area (Å²) in [6.07, 6.45) is 4.38. The Morgan fingerprint density at radius 1 is 1.04 bits per heavy atom. The fourth-order valence-electron chi connectivity index (χ4n) is 3.88. The molecular weight excluding hydrogens is 330 g/mol. The van der Waals surface area contributed by atoms with Gasteiger partial charge in [-0.05, 0) is 38.2 Å². The van der Waals surface area contributed by atoms with Crippen molar-refractivity contribution in [1.29, 1.82) is 0 Å². The number of piperazine rings is 1. The molecule has 1 aliphatic carbocycles. The highest BCUT2D eigenvalue weighted by molar-refractivity contribution is 5.20. The largest absolute Gasteiger partial charge is 0.360 e. The van der Waals surface area contributed by atoms with Crippen molar-refractivity contribution in [1.82, 2.24) is 24.7 Å². The van der Waals surface area contributed by atoms with Crippen LogP contribution in [0.25, 0.3) is 0 Å². The van der Waals surface area contributed by atoms with E-state index in [1.807, 2.05) is 13.0 Å². The number of nitrogens with zero attached hydrogens (tertiary/aromatic N) is 5. The summed E-state index contributed by atoms with van der Waals surface area (Å²) < 4.78 is 6.97. The van der Waals surface area contributed by atoms with Crippen LogP contribution in [0.3, 0.4) is 0 Å². The van der Waals surface area contributed by atoms with Gasteiger partial charge in [0, 0.05) is 44.9 Å². The molecule has 2 aromatic heterocycles. The number of rotatable bonds is 5. The molecule has 0 aromatic carbocycles. The zero-order valence-corrected chi connectivity index (χ0v) is 15.5. The van der Waals surface area contributed by atoms with Gasteiger partial charge in [0.2, 0.25) is 0 Å². The second kappa shape index (κ2) is 7.72. The molecule has 0 bridgehead atoms. The second-order valence-corrected chi connectivity index (χ2v) is 7.44. The summed E-state index contributed by atoms with van der Waals surface area (Å²) in [5.41, 5.74) is 3.27. The minimum atomic E-state index is 0.0463. The summed E-state index contributed by atoms with van der Waals surface area (Å²) in [5, 5.41) is 8.57. The van der Waals surface area contributed by atoms with E-state index >= 15 is 0 Å². The lowest BCUT2D eigenvalue weighted by Gasteiger charge is -2.34. The Morgan fingerprint density at radius 3 is 2.58 bits per heavy atom. The molecule has 0 saturated carbocycles. The molecule has 0 N–H and O–H groups in total. The molecule has 0 atom stereocenters. The molecule has 0 unspecified atom stereocenters. The van der Waals surface area contributed by atoms with E-state index in [1.165, 1.54) is 12.8 Å². The first-order valence-corrected chi connectivity index (χ1v) is 9.64.